The average molecular weight is 316 g/mol. The summed E-state index contributed by atoms with van der Waals surface area (Å²) < 4.78 is 12.3. The summed E-state index contributed by atoms with van der Waals surface area (Å²) in [7, 11) is 5.83. The molecule has 3 rings (SSSR count). The lowest BCUT2D eigenvalue weighted by Gasteiger charge is -2.23. The van der Waals surface area contributed by atoms with Crippen molar-refractivity contribution in [3.8, 4) is 11.5 Å². The van der Waals surface area contributed by atoms with E-state index in [1.54, 1.807) is 22.9 Å². The maximum Gasteiger partial charge on any atom is 0.251 e. The molecule has 2 heterocycles. The molecule has 1 N–H and O–H groups in total. The Hall–Kier alpha value is -2.54. The predicted molar refractivity (Wildman–Crippen MR) is 84.5 cm³/mol. The van der Waals surface area contributed by atoms with Gasteiger partial charge < -0.3 is 19.7 Å². The summed E-state index contributed by atoms with van der Waals surface area (Å²) in [4.78, 5) is 14.4. The van der Waals surface area contributed by atoms with E-state index < -0.39 is 0 Å². The third-order valence-electron chi connectivity index (χ3n) is 3.82. The summed E-state index contributed by atoms with van der Waals surface area (Å²) in [5.41, 5.74) is 1.61. The molecule has 0 saturated heterocycles. The average Bonchev–Trinajstić information content (AvgIpc) is 3.15. The highest BCUT2D eigenvalue weighted by atomic mass is 16.7. The smallest absolute Gasteiger partial charge is 0.251 e. The van der Waals surface area contributed by atoms with Gasteiger partial charge in [0.2, 0.25) is 6.79 Å². The van der Waals surface area contributed by atoms with Crippen LogP contribution < -0.4 is 14.8 Å². The number of hydrogen-bond donors (Lipinski definition) is 1. The summed E-state index contributed by atoms with van der Waals surface area (Å²) in [6.07, 6.45) is 3.77. The van der Waals surface area contributed by atoms with Gasteiger partial charge >= 0.3 is 0 Å². The van der Waals surface area contributed by atoms with Gasteiger partial charge in [-0.2, -0.15) is 5.10 Å². The number of benzene rings is 1. The van der Waals surface area contributed by atoms with Crippen molar-refractivity contribution in [3.05, 3.63) is 41.7 Å². The van der Waals surface area contributed by atoms with Crippen LogP contribution in [-0.2, 0) is 7.05 Å². The Balaban J connectivity index is 1.67. The molecule has 23 heavy (non-hydrogen) atoms. The van der Waals surface area contributed by atoms with Gasteiger partial charge in [-0.05, 0) is 32.3 Å². The van der Waals surface area contributed by atoms with Gasteiger partial charge in [0.1, 0.15) is 0 Å². The van der Waals surface area contributed by atoms with Gasteiger partial charge in [-0.15, -0.1) is 0 Å². The van der Waals surface area contributed by atoms with Crippen LogP contribution in [0, 0.1) is 0 Å². The number of carbonyl (C=O) groups is 1. The van der Waals surface area contributed by atoms with Gasteiger partial charge in [-0.3, -0.25) is 9.48 Å². The molecule has 0 unspecified atom stereocenters. The third kappa shape index (κ3) is 3.29. The molecule has 7 nitrogen and oxygen atoms in total. The number of fused-ring (bicyclic) bond motifs is 1. The SMILES string of the molecule is CN(C)[C@H](CNC(=O)c1ccc2c(c1)OCO2)c1cnn(C)c1. The van der Waals surface area contributed by atoms with E-state index in [-0.39, 0.29) is 18.7 Å². The van der Waals surface area contributed by atoms with Gasteiger partial charge in [0.25, 0.3) is 5.91 Å². The second-order valence-electron chi connectivity index (χ2n) is 5.70. The minimum atomic E-state index is -0.140. The fourth-order valence-electron chi connectivity index (χ4n) is 2.54. The molecular formula is C16H20N4O3. The largest absolute Gasteiger partial charge is 0.454 e. The molecule has 0 fully saturated rings. The van der Waals surface area contributed by atoms with Crippen LogP contribution in [0.2, 0.25) is 0 Å². The van der Waals surface area contributed by atoms with E-state index >= 15 is 0 Å². The van der Waals surface area contributed by atoms with Gasteiger partial charge in [0, 0.05) is 30.9 Å². The first-order valence-corrected chi connectivity index (χ1v) is 7.37. The van der Waals surface area contributed by atoms with Crippen LogP contribution >= 0.6 is 0 Å². The van der Waals surface area contributed by atoms with Crippen molar-refractivity contribution < 1.29 is 14.3 Å². The van der Waals surface area contributed by atoms with Crippen molar-refractivity contribution >= 4 is 5.91 Å². The number of aromatic nitrogens is 2. The zero-order valence-corrected chi connectivity index (χ0v) is 13.4. The minimum absolute atomic E-state index is 0.0571. The maximum atomic E-state index is 12.4. The number of hydrogen-bond acceptors (Lipinski definition) is 5. The van der Waals surface area contributed by atoms with Crippen molar-refractivity contribution in [1.29, 1.82) is 0 Å². The molecule has 0 radical (unpaired) electrons. The molecule has 1 aliphatic heterocycles. The topological polar surface area (TPSA) is 68.6 Å². The van der Waals surface area contributed by atoms with Crippen LogP contribution in [0.5, 0.6) is 11.5 Å². The molecule has 1 aromatic heterocycles. The van der Waals surface area contributed by atoms with E-state index in [4.69, 9.17) is 9.47 Å². The number of aryl methyl sites for hydroxylation is 1. The second-order valence-corrected chi connectivity index (χ2v) is 5.70. The predicted octanol–water partition coefficient (Wildman–Crippen LogP) is 1.18. The monoisotopic (exact) mass is 316 g/mol. The van der Waals surface area contributed by atoms with Crippen LogP contribution in [0.3, 0.4) is 0 Å². The molecule has 0 saturated carbocycles. The van der Waals surface area contributed by atoms with E-state index in [2.05, 4.69) is 15.3 Å². The van der Waals surface area contributed by atoms with E-state index in [1.165, 1.54) is 0 Å². The molecule has 2 aromatic rings. The molecule has 0 bridgehead atoms. The van der Waals surface area contributed by atoms with E-state index in [0.29, 0.717) is 23.6 Å². The minimum Gasteiger partial charge on any atom is -0.454 e. The lowest BCUT2D eigenvalue weighted by Crippen LogP contribution is -2.34. The highest BCUT2D eigenvalue weighted by molar-refractivity contribution is 5.94. The summed E-state index contributed by atoms with van der Waals surface area (Å²) in [6, 6.07) is 5.24. The fourth-order valence-corrected chi connectivity index (χ4v) is 2.54. The molecule has 122 valence electrons. The van der Waals surface area contributed by atoms with Gasteiger partial charge in [0.15, 0.2) is 11.5 Å². The van der Waals surface area contributed by atoms with Gasteiger partial charge in [-0.1, -0.05) is 0 Å². The van der Waals surface area contributed by atoms with Crippen LogP contribution in [0.25, 0.3) is 0 Å². The molecule has 1 aliphatic rings. The lowest BCUT2D eigenvalue weighted by molar-refractivity contribution is 0.0941. The molecule has 0 spiro atoms. The number of rotatable bonds is 5. The first-order chi connectivity index (χ1) is 11.0. The van der Waals surface area contributed by atoms with E-state index in [1.807, 2.05) is 33.5 Å². The Labute approximate surface area is 134 Å². The maximum absolute atomic E-state index is 12.4. The van der Waals surface area contributed by atoms with E-state index in [9.17, 15) is 4.79 Å². The van der Waals surface area contributed by atoms with Crippen molar-refractivity contribution in [2.75, 3.05) is 27.4 Å². The third-order valence-corrected chi connectivity index (χ3v) is 3.82. The van der Waals surface area contributed by atoms with Gasteiger partial charge in [-0.25, -0.2) is 0 Å². The van der Waals surface area contributed by atoms with Crippen LogP contribution in [0.4, 0.5) is 0 Å². The normalized spacial score (nSPS) is 14.1. The first-order valence-electron chi connectivity index (χ1n) is 7.37. The lowest BCUT2D eigenvalue weighted by atomic mass is 10.1. The second kappa shape index (κ2) is 6.29. The van der Waals surface area contributed by atoms with Crippen molar-refractivity contribution in [3.63, 3.8) is 0 Å². The standard InChI is InChI=1S/C16H20N4O3/c1-19(2)13(12-7-18-20(3)9-12)8-17-16(21)11-4-5-14-15(6-11)23-10-22-14/h4-7,9,13H,8,10H2,1-3H3,(H,17,21)/t13-/m1/s1. The first kappa shape index (κ1) is 15.4. The summed E-state index contributed by atoms with van der Waals surface area (Å²) in [5, 5.41) is 7.16. The Morgan fingerprint density at radius 3 is 2.87 bits per heavy atom. The highest BCUT2D eigenvalue weighted by Crippen LogP contribution is 2.32. The highest BCUT2D eigenvalue weighted by Gasteiger charge is 2.19. The summed E-state index contributed by atoms with van der Waals surface area (Å²) in [6.45, 7) is 0.691. The zero-order chi connectivity index (χ0) is 16.4. The quantitative estimate of drug-likeness (QED) is 0.897. The molecular weight excluding hydrogens is 296 g/mol. The van der Waals surface area contributed by atoms with Crippen molar-refractivity contribution in [2.24, 2.45) is 7.05 Å². The fraction of sp³-hybridized carbons (Fsp3) is 0.375. The summed E-state index contributed by atoms with van der Waals surface area (Å²) >= 11 is 0. The molecule has 7 heteroatoms. The Morgan fingerprint density at radius 2 is 2.17 bits per heavy atom. The number of nitrogens with zero attached hydrogens (tertiary/aromatic N) is 3. The number of carbonyl (C=O) groups excluding carboxylic acids is 1. The van der Waals surface area contributed by atoms with E-state index in [0.717, 1.165) is 5.56 Å². The van der Waals surface area contributed by atoms with Gasteiger partial charge in [0.05, 0.1) is 12.2 Å². The molecule has 0 aliphatic carbocycles. The Morgan fingerprint density at radius 1 is 1.39 bits per heavy atom. The molecule has 1 amide bonds. The summed E-state index contributed by atoms with van der Waals surface area (Å²) in [5.74, 6) is 1.14. The number of ether oxygens (including phenoxy) is 2. The van der Waals surface area contributed by atoms with Crippen LogP contribution in [0.1, 0.15) is 22.0 Å². The molecule has 1 atom stereocenters. The van der Waals surface area contributed by atoms with Crippen LogP contribution in [-0.4, -0.2) is 48.0 Å². The Bertz CT molecular complexity index is 711. The number of nitrogens with one attached hydrogen (secondary N) is 1. The van der Waals surface area contributed by atoms with Crippen molar-refractivity contribution in [1.82, 2.24) is 20.0 Å². The van der Waals surface area contributed by atoms with Crippen molar-refractivity contribution in [2.45, 2.75) is 6.04 Å². The van der Waals surface area contributed by atoms with Crippen LogP contribution in [0.15, 0.2) is 30.6 Å². The zero-order valence-electron chi connectivity index (χ0n) is 13.4. The number of likely N-dealkylation sites (N-methyl/N-ethyl adjacent to an activating group) is 1. The Kier molecular flexibility index (Phi) is 4.20. The number of amides is 1. The molecule has 1 aromatic carbocycles.